The highest BCUT2D eigenvalue weighted by molar-refractivity contribution is 5.78. The Kier molecular flexibility index (Phi) is 5.37. The molecule has 0 unspecified atom stereocenters. The second-order valence-electron chi connectivity index (χ2n) is 6.25. The second kappa shape index (κ2) is 7.05. The maximum Gasteiger partial charge on any atom is 0.224 e. The van der Waals surface area contributed by atoms with Gasteiger partial charge >= 0.3 is 0 Å². The van der Waals surface area contributed by atoms with Crippen molar-refractivity contribution in [2.45, 2.75) is 44.2 Å². The van der Waals surface area contributed by atoms with Crippen molar-refractivity contribution in [3.8, 4) is 0 Å². The third-order valence-electron chi connectivity index (χ3n) is 4.67. The Morgan fingerprint density at radius 1 is 1.19 bits per heavy atom. The maximum atomic E-state index is 12.1. The molecule has 4 heteroatoms. The van der Waals surface area contributed by atoms with Gasteiger partial charge in [-0.15, -0.1) is 0 Å². The molecule has 1 aromatic carbocycles. The monoisotopic (exact) mass is 290 g/mol. The van der Waals surface area contributed by atoms with E-state index in [1.807, 2.05) is 24.3 Å². The molecular weight excluding hydrogens is 264 g/mol. The van der Waals surface area contributed by atoms with E-state index in [9.17, 15) is 4.79 Å². The summed E-state index contributed by atoms with van der Waals surface area (Å²) in [5.74, 6) is 0.0693. The zero-order chi connectivity index (χ0) is 15.3. The lowest BCUT2D eigenvalue weighted by molar-refractivity contribution is -0.121. The van der Waals surface area contributed by atoms with Crippen LogP contribution in [-0.4, -0.2) is 42.1 Å². The Morgan fingerprint density at radius 3 is 2.29 bits per heavy atom. The lowest BCUT2D eigenvalue weighted by Crippen LogP contribution is -2.51. The van der Waals surface area contributed by atoms with E-state index in [0.717, 1.165) is 30.5 Å². The number of amides is 1. The topological polar surface area (TPSA) is 52.6 Å². The van der Waals surface area contributed by atoms with Crippen LogP contribution in [0.2, 0.25) is 0 Å². The van der Waals surface area contributed by atoms with Crippen LogP contribution in [0.3, 0.4) is 0 Å². The molecule has 1 aliphatic rings. The molecule has 2 rings (SSSR count). The normalized spacial score (nSPS) is 17.1. The number of aliphatic hydroxyl groups is 1. The lowest BCUT2D eigenvalue weighted by atomic mass is 9.96. The fraction of sp³-hybridized carbons (Fsp3) is 0.588. The fourth-order valence-electron chi connectivity index (χ4n) is 3.09. The minimum absolute atomic E-state index is 0.0395. The van der Waals surface area contributed by atoms with Crippen molar-refractivity contribution < 1.29 is 9.90 Å². The van der Waals surface area contributed by atoms with Gasteiger partial charge in [0.15, 0.2) is 0 Å². The molecule has 0 radical (unpaired) electrons. The number of nitrogens with one attached hydrogen (secondary N) is 1. The molecule has 0 aromatic heterocycles. The molecule has 1 fully saturated rings. The van der Waals surface area contributed by atoms with Crippen molar-refractivity contribution in [3.05, 3.63) is 35.4 Å². The van der Waals surface area contributed by atoms with Gasteiger partial charge in [-0.25, -0.2) is 0 Å². The number of likely N-dealkylation sites (N-methyl/N-ethyl adjacent to an activating group) is 1. The Balaban J connectivity index is 1.86. The van der Waals surface area contributed by atoms with Gasteiger partial charge in [0, 0.05) is 12.1 Å². The molecule has 0 spiro atoms. The summed E-state index contributed by atoms with van der Waals surface area (Å²) in [6.45, 7) is 0.769. The summed E-state index contributed by atoms with van der Waals surface area (Å²) in [6.07, 6.45) is 5.21. The van der Waals surface area contributed by atoms with Crippen LogP contribution in [0.1, 0.15) is 36.8 Å². The van der Waals surface area contributed by atoms with Gasteiger partial charge in [0.2, 0.25) is 5.91 Å². The molecule has 4 nitrogen and oxygen atoms in total. The molecule has 116 valence electrons. The van der Waals surface area contributed by atoms with Crippen LogP contribution in [0.5, 0.6) is 0 Å². The van der Waals surface area contributed by atoms with E-state index in [1.54, 1.807) is 0 Å². The average Bonchev–Trinajstić information content (AvgIpc) is 2.96. The zero-order valence-electron chi connectivity index (χ0n) is 13.1. The van der Waals surface area contributed by atoms with E-state index in [4.69, 9.17) is 5.11 Å². The summed E-state index contributed by atoms with van der Waals surface area (Å²) in [4.78, 5) is 14.4. The van der Waals surface area contributed by atoms with Gasteiger partial charge in [-0.1, -0.05) is 37.1 Å². The molecule has 0 heterocycles. The lowest BCUT2D eigenvalue weighted by Gasteiger charge is -2.36. The van der Waals surface area contributed by atoms with E-state index in [0.29, 0.717) is 6.42 Å². The first-order valence-corrected chi connectivity index (χ1v) is 7.68. The van der Waals surface area contributed by atoms with Crippen molar-refractivity contribution in [1.29, 1.82) is 0 Å². The van der Waals surface area contributed by atoms with Gasteiger partial charge in [0.25, 0.3) is 0 Å². The Hall–Kier alpha value is -1.39. The van der Waals surface area contributed by atoms with Crippen LogP contribution in [0, 0.1) is 0 Å². The summed E-state index contributed by atoms with van der Waals surface area (Å²) < 4.78 is 0. The minimum Gasteiger partial charge on any atom is -0.392 e. The second-order valence-corrected chi connectivity index (χ2v) is 6.25. The van der Waals surface area contributed by atoms with Crippen molar-refractivity contribution in [3.63, 3.8) is 0 Å². The number of benzene rings is 1. The van der Waals surface area contributed by atoms with E-state index >= 15 is 0 Å². The van der Waals surface area contributed by atoms with Gasteiger partial charge in [0.1, 0.15) is 0 Å². The van der Waals surface area contributed by atoms with Crippen LogP contribution in [0.4, 0.5) is 0 Å². The first-order valence-electron chi connectivity index (χ1n) is 7.68. The largest absolute Gasteiger partial charge is 0.392 e. The molecule has 1 saturated carbocycles. The number of carbonyl (C=O) groups is 1. The summed E-state index contributed by atoms with van der Waals surface area (Å²) >= 11 is 0. The van der Waals surface area contributed by atoms with Gasteiger partial charge < -0.3 is 15.3 Å². The summed E-state index contributed by atoms with van der Waals surface area (Å²) in [6, 6.07) is 7.53. The summed E-state index contributed by atoms with van der Waals surface area (Å²) in [7, 11) is 4.20. The molecular formula is C17H26N2O2. The summed E-state index contributed by atoms with van der Waals surface area (Å²) in [5.41, 5.74) is 1.99. The quantitative estimate of drug-likeness (QED) is 0.838. The average molecular weight is 290 g/mol. The molecule has 1 aliphatic carbocycles. The number of aliphatic hydroxyl groups excluding tert-OH is 1. The molecule has 0 bridgehead atoms. The Bertz CT molecular complexity index is 462. The van der Waals surface area contributed by atoms with Crippen molar-refractivity contribution >= 4 is 5.91 Å². The van der Waals surface area contributed by atoms with Gasteiger partial charge in [-0.05, 0) is 38.1 Å². The number of rotatable bonds is 6. The number of hydrogen-bond acceptors (Lipinski definition) is 3. The van der Waals surface area contributed by atoms with E-state index < -0.39 is 0 Å². The van der Waals surface area contributed by atoms with Crippen LogP contribution >= 0.6 is 0 Å². The summed E-state index contributed by atoms with van der Waals surface area (Å²) in [5, 5.41) is 12.1. The minimum atomic E-state index is 0.0395. The van der Waals surface area contributed by atoms with Crippen molar-refractivity contribution in [2.75, 3.05) is 20.6 Å². The first-order chi connectivity index (χ1) is 10.1. The predicted octanol–water partition coefficient (Wildman–Crippen LogP) is 1.71. The standard InChI is InChI=1S/C17H26N2O2/c1-19(2)17(9-3-4-10-17)13-18-16(21)11-14-5-7-15(12-20)8-6-14/h5-8,20H,3-4,9-13H2,1-2H3,(H,18,21). The van der Waals surface area contributed by atoms with E-state index in [-0.39, 0.29) is 18.1 Å². The van der Waals surface area contributed by atoms with Crippen LogP contribution in [-0.2, 0) is 17.8 Å². The molecule has 0 aliphatic heterocycles. The molecule has 0 saturated heterocycles. The number of carbonyl (C=O) groups excluding carboxylic acids is 1. The Morgan fingerprint density at radius 2 is 1.76 bits per heavy atom. The van der Waals surface area contributed by atoms with E-state index in [2.05, 4.69) is 24.3 Å². The molecule has 0 atom stereocenters. The highest BCUT2D eigenvalue weighted by Crippen LogP contribution is 2.33. The van der Waals surface area contributed by atoms with Crippen LogP contribution in [0.15, 0.2) is 24.3 Å². The van der Waals surface area contributed by atoms with Crippen LogP contribution in [0.25, 0.3) is 0 Å². The number of hydrogen-bond donors (Lipinski definition) is 2. The van der Waals surface area contributed by atoms with Gasteiger partial charge in [-0.2, -0.15) is 0 Å². The highest BCUT2D eigenvalue weighted by atomic mass is 16.3. The molecule has 1 amide bonds. The van der Waals surface area contributed by atoms with Crippen molar-refractivity contribution in [1.82, 2.24) is 10.2 Å². The van der Waals surface area contributed by atoms with E-state index in [1.165, 1.54) is 12.8 Å². The Labute approximate surface area is 127 Å². The molecule has 2 N–H and O–H groups in total. The third-order valence-corrected chi connectivity index (χ3v) is 4.67. The molecule has 1 aromatic rings. The fourth-order valence-corrected chi connectivity index (χ4v) is 3.09. The van der Waals surface area contributed by atoms with Crippen LogP contribution < -0.4 is 5.32 Å². The molecule has 21 heavy (non-hydrogen) atoms. The zero-order valence-corrected chi connectivity index (χ0v) is 13.1. The predicted molar refractivity (Wildman–Crippen MR) is 84.0 cm³/mol. The van der Waals surface area contributed by atoms with Gasteiger partial charge in [-0.3, -0.25) is 4.79 Å². The number of nitrogens with zero attached hydrogens (tertiary/aromatic N) is 1. The highest BCUT2D eigenvalue weighted by Gasteiger charge is 2.35. The SMILES string of the molecule is CN(C)C1(CNC(=O)Cc2ccc(CO)cc2)CCCC1. The maximum absolute atomic E-state index is 12.1. The first kappa shape index (κ1) is 16.0. The van der Waals surface area contributed by atoms with Gasteiger partial charge in [0.05, 0.1) is 13.0 Å². The van der Waals surface area contributed by atoms with Crippen molar-refractivity contribution in [2.24, 2.45) is 0 Å². The smallest absolute Gasteiger partial charge is 0.224 e. The third kappa shape index (κ3) is 4.05.